The molecule has 3 aromatic rings. The molecule has 3 nitrogen and oxygen atoms in total. The van der Waals surface area contributed by atoms with Gasteiger partial charge in [-0.25, -0.2) is 4.79 Å². The molecule has 4 heteroatoms. The summed E-state index contributed by atoms with van der Waals surface area (Å²) in [7, 11) is 0. The van der Waals surface area contributed by atoms with Crippen LogP contribution in [-0.2, 0) is 4.74 Å². The van der Waals surface area contributed by atoms with Crippen molar-refractivity contribution in [3.05, 3.63) is 88.1 Å². The maximum Gasteiger partial charge on any atom is 0.407 e. The van der Waals surface area contributed by atoms with Gasteiger partial charge in [0.25, 0.3) is 0 Å². The number of hydrogen-bond donors (Lipinski definition) is 1. The van der Waals surface area contributed by atoms with Crippen molar-refractivity contribution >= 4 is 23.5 Å². The first kappa shape index (κ1) is 17.6. The van der Waals surface area contributed by atoms with Gasteiger partial charge in [0.15, 0.2) is 0 Å². The number of nitrogens with one attached hydrogen (secondary N) is 1. The molecule has 0 bridgehead atoms. The zero-order valence-corrected chi connectivity index (χ0v) is 15.7. The van der Waals surface area contributed by atoms with Gasteiger partial charge in [0.05, 0.1) is 0 Å². The number of ether oxygens (including phenoxy) is 1. The lowest BCUT2D eigenvalue weighted by Gasteiger charge is -2.14. The Morgan fingerprint density at radius 1 is 1.04 bits per heavy atom. The van der Waals surface area contributed by atoms with Gasteiger partial charge >= 0.3 is 6.09 Å². The summed E-state index contributed by atoms with van der Waals surface area (Å²) in [6, 6.07) is 18.8. The summed E-state index contributed by atoms with van der Waals surface area (Å²) in [5.74, 6) is 0.0987. The second-order valence-corrected chi connectivity index (χ2v) is 7.28. The smallest absolute Gasteiger partial charge is 0.407 e. The Bertz CT molecular complexity index is 901. The molecule has 1 aliphatic carbocycles. The molecule has 136 valence electrons. The number of hydrogen-bond acceptors (Lipinski definition) is 3. The fourth-order valence-electron chi connectivity index (χ4n) is 3.50. The third-order valence-corrected chi connectivity index (χ3v) is 5.48. The fourth-order valence-corrected chi connectivity index (χ4v) is 4.12. The molecule has 1 amide bonds. The van der Waals surface area contributed by atoms with E-state index >= 15 is 0 Å². The minimum absolute atomic E-state index is 0.0987. The second kappa shape index (κ2) is 8.23. The monoisotopic (exact) mass is 375 g/mol. The van der Waals surface area contributed by atoms with Crippen LogP contribution in [0.4, 0.5) is 4.79 Å². The minimum Gasteiger partial charge on any atom is -0.449 e. The number of benzene rings is 2. The Hall–Kier alpha value is -2.85. The van der Waals surface area contributed by atoms with Crippen LogP contribution in [0.3, 0.4) is 0 Å². The van der Waals surface area contributed by atoms with E-state index in [1.54, 1.807) is 11.3 Å². The topological polar surface area (TPSA) is 38.3 Å². The average Bonchev–Trinajstić information content (AvgIpc) is 3.32. The van der Waals surface area contributed by atoms with Crippen molar-refractivity contribution in [3.8, 4) is 11.1 Å². The van der Waals surface area contributed by atoms with Crippen LogP contribution in [0.15, 0.2) is 71.4 Å². The van der Waals surface area contributed by atoms with Crippen molar-refractivity contribution in [1.29, 1.82) is 0 Å². The van der Waals surface area contributed by atoms with Crippen LogP contribution in [0.5, 0.6) is 0 Å². The molecule has 1 heterocycles. The third kappa shape index (κ3) is 3.96. The van der Waals surface area contributed by atoms with Crippen molar-refractivity contribution in [2.45, 2.75) is 12.3 Å². The molecule has 1 aliphatic rings. The molecule has 2 aromatic carbocycles. The number of carbonyl (C=O) groups is 1. The van der Waals surface area contributed by atoms with Crippen molar-refractivity contribution in [3.63, 3.8) is 0 Å². The first-order valence-electron chi connectivity index (χ1n) is 9.10. The highest BCUT2D eigenvalue weighted by Crippen LogP contribution is 2.44. The molecule has 4 rings (SSSR count). The summed E-state index contributed by atoms with van der Waals surface area (Å²) in [5, 5.41) is 6.97. The summed E-state index contributed by atoms with van der Waals surface area (Å²) in [4.78, 5) is 12.1. The Morgan fingerprint density at radius 2 is 1.74 bits per heavy atom. The largest absolute Gasteiger partial charge is 0.449 e. The zero-order chi connectivity index (χ0) is 18.5. The summed E-state index contributed by atoms with van der Waals surface area (Å²) in [6.45, 7) is 0.919. The van der Waals surface area contributed by atoms with E-state index in [4.69, 9.17) is 4.74 Å². The Balaban J connectivity index is 1.30. The molecule has 0 saturated heterocycles. The van der Waals surface area contributed by atoms with E-state index in [9.17, 15) is 4.79 Å². The fraction of sp³-hybridized carbons (Fsp3) is 0.174. The highest BCUT2D eigenvalue weighted by Gasteiger charge is 2.28. The van der Waals surface area contributed by atoms with Gasteiger partial charge < -0.3 is 10.1 Å². The Labute approximate surface area is 163 Å². The van der Waals surface area contributed by atoms with Crippen LogP contribution < -0.4 is 5.32 Å². The molecule has 0 unspecified atom stereocenters. The standard InChI is InChI=1S/C23H21NO2S/c25-23(24-13-6-5-7-17-12-14-27-16-17)26-15-22-20-10-3-1-8-18(20)19-9-2-4-11-21(19)22/h1-5,7-12,14,16,22H,6,13,15H2,(H,24,25). The van der Waals surface area contributed by atoms with Gasteiger partial charge in [-0.05, 0) is 51.1 Å². The molecule has 0 aliphatic heterocycles. The lowest BCUT2D eigenvalue weighted by Crippen LogP contribution is -2.26. The second-order valence-electron chi connectivity index (χ2n) is 6.50. The van der Waals surface area contributed by atoms with Crippen LogP contribution in [0.1, 0.15) is 29.0 Å². The number of alkyl carbamates (subject to hydrolysis) is 1. The van der Waals surface area contributed by atoms with Gasteiger partial charge in [-0.15, -0.1) is 0 Å². The van der Waals surface area contributed by atoms with Gasteiger partial charge in [0.2, 0.25) is 0 Å². The highest BCUT2D eigenvalue weighted by molar-refractivity contribution is 7.08. The molecule has 0 saturated carbocycles. The Morgan fingerprint density at radius 3 is 2.41 bits per heavy atom. The highest BCUT2D eigenvalue weighted by atomic mass is 32.1. The number of thiophene rings is 1. The van der Waals surface area contributed by atoms with Crippen LogP contribution in [-0.4, -0.2) is 19.2 Å². The van der Waals surface area contributed by atoms with E-state index < -0.39 is 0 Å². The van der Waals surface area contributed by atoms with Crippen molar-refractivity contribution in [2.24, 2.45) is 0 Å². The normalized spacial score (nSPS) is 12.7. The first-order valence-corrected chi connectivity index (χ1v) is 10.0. The Kier molecular flexibility index (Phi) is 5.35. The molecular formula is C23H21NO2S. The number of amides is 1. The van der Waals surface area contributed by atoms with E-state index in [1.165, 1.54) is 27.8 Å². The van der Waals surface area contributed by atoms with Crippen LogP contribution in [0.25, 0.3) is 17.2 Å². The van der Waals surface area contributed by atoms with Crippen molar-refractivity contribution in [1.82, 2.24) is 5.32 Å². The maximum atomic E-state index is 12.1. The van der Waals surface area contributed by atoms with E-state index in [0.717, 1.165) is 6.42 Å². The quantitative estimate of drug-likeness (QED) is 0.562. The maximum absolute atomic E-state index is 12.1. The van der Waals surface area contributed by atoms with Gasteiger partial charge in [-0.3, -0.25) is 0 Å². The van der Waals surface area contributed by atoms with Gasteiger partial charge in [0.1, 0.15) is 6.61 Å². The lowest BCUT2D eigenvalue weighted by molar-refractivity contribution is 0.143. The van der Waals surface area contributed by atoms with Crippen LogP contribution >= 0.6 is 11.3 Å². The zero-order valence-electron chi connectivity index (χ0n) is 14.9. The molecule has 0 radical (unpaired) electrons. The number of carbonyl (C=O) groups excluding carboxylic acids is 1. The predicted molar refractivity (Wildman–Crippen MR) is 111 cm³/mol. The summed E-state index contributed by atoms with van der Waals surface area (Å²) in [6.07, 6.45) is 4.54. The molecule has 1 aromatic heterocycles. The average molecular weight is 375 g/mol. The van der Waals surface area contributed by atoms with E-state index in [0.29, 0.717) is 13.2 Å². The predicted octanol–water partition coefficient (Wildman–Crippen LogP) is 5.69. The molecule has 27 heavy (non-hydrogen) atoms. The molecular weight excluding hydrogens is 354 g/mol. The minimum atomic E-state index is -0.360. The lowest BCUT2D eigenvalue weighted by atomic mass is 9.98. The molecule has 0 spiro atoms. The van der Waals surface area contributed by atoms with Gasteiger partial charge in [-0.2, -0.15) is 11.3 Å². The van der Waals surface area contributed by atoms with Gasteiger partial charge in [0, 0.05) is 12.5 Å². The molecule has 1 N–H and O–H groups in total. The SMILES string of the molecule is O=C(NCCC=Cc1ccsc1)OCC1c2ccccc2-c2ccccc21. The number of rotatable bonds is 6. The van der Waals surface area contributed by atoms with E-state index in [1.807, 2.05) is 12.1 Å². The van der Waals surface area contributed by atoms with Crippen molar-refractivity contribution < 1.29 is 9.53 Å². The molecule has 0 fully saturated rings. The first-order chi connectivity index (χ1) is 13.3. The van der Waals surface area contributed by atoms with Crippen molar-refractivity contribution in [2.75, 3.05) is 13.2 Å². The summed E-state index contributed by atoms with van der Waals surface area (Å²) < 4.78 is 5.52. The third-order valence-electron chi connectivity index (χ3n) is 4.78. The van der Waals surface area contributed by atoms with Gasteiger partial charge in [-0.1, -0.05) is 60.7 Å². The summed E-state index contributed by atoms with van der Waals surface area (Å²) in [5.41, 5.74) is 6.12. The van der Waals surface area contributed by atoms with Crippen LogP contribution in [0.2, 0.25) is 0 Å². The molecule has 0 atom stereocenters. The van der Waals surface area contributed by atoms with E-state index in [2.05, 4.69) is 70.7 Å². The number of fused-ring (bicyclic) bond motifs is 3. The van der Waals surface area contributed by atoms with E-state index in [-0.39, 0.29) is 12.0 Å². The summed E-state index contributed by atoms with van der Waals surface area (Å²) >= 11 is 1.68. The van der Waals surface area contributed by atoms with Crippen LogP contribution in [0, 0.1) is 0 Å².